The van der Waals surface area contributed by atoms with E-state index in [0.717, 1.165) is 49.6 Å². The average molecular weight is 320 g/mol. The van der Waals surface area contributed by atoms with Crippen molar-refractivity contribution in [3.8, 4) is 0 Å². The molecule has 0 unspecified atom stereocenters. The van der Waals surface area contributed by atoms with Crippen molar-refractivity contribution in [3.05, 3.63) is 11.6 Å². The molecule has 0 spiro atoms. The highest BCUT2D eigenvalue weighted by Gasteiger charge is 2.14. The van der Waals surface area contributed by atoms with Crippen LogP contribution in [0.1, 0.15) is 64.5 Å². The number of rotatable bonds is 7. The van der Waals surface area contributed by atoms with Gasteiger partial charge in [0, 0.05) is 26.1 Å². The number of nitrogens with one attached hydrogen (secondary N) is 2. The maximum absolute atomic E-state index is 4.68. The van der Waals surface area contributed by atoms with Crippen LogP contribution in [0.5, 0.6) is 0 Å². The van der Waals surface area contributed by atoms with E-state index in [1.165, 1.54) is 32.1 Å². The molecule has 0 amide bonds. The summed E-state index contributed by atoms with van der Waals surface area (Å²) in [6.07, 6.45) is 7.18. The molecule has 0 fully saturated rings. The maximum Gasteiger partial charge on any atom is 0.191 e. The van der Waals surface area contributed by atoms with Gasteiger partial charge in [0.1, 0.15) is 12.4 Å². The second kappa shape index (κ2) is 9.53. The van der Waals surface area contributed by atoms with E-state index in [-0.39, 0.29) is 0 Å². The summed E-state index contributed by atoms with van der Waals surface area (Å²) in [4.78, 5) is 4.68. The molecule has 0 radical (unpaired) electrons. The van der Waals surface area contributed by atoms with Gasteiger partial charge in [0.25, 0.3) is 0 Å². The number of aromatic nitrogens is 3. The Morgan fingerprint density at radius 2 is 2.09 bits per heavy atom. The third-order valence-corrected chi connectivity index (χ3v) is 4.16. The molecular weight excluding hydrogens is 288 g/mol. The van der Waals surface area contributed by atoms with E-state index >= 15 is 0 Å². The van der Waals surface area contributed by atoms with Gasteiger partial charge in [0.15, 0.2) is 11.8 Å². The Labute approximate surface area is 140 Å². The van der Waals surface area contributed by atoms with Gasteiger partial charge in [0.05, 0.1) is 0 Å². The molecule has 6 heteroatoms. The summed E-state index contributed by atoms with van der Waals surface area (Å²) in [6, 6.07) is 0. The minimum absolute atomic E-state index is 0.590. The molecule has 0 aliphatic carbocycles. The predicted octanol–water partition coefficient (Wildman–Crippen LogP) is 2.50. The first-order chi connectivity index (χ1) is 11.2. The monoisotopic (exact) mass is 320 g/mol. The largest absolute Gasteiger partial charge is 0.357 e. The van der Waals surface area contributed by atoms with Crippen LogP contribution < -0.4 is 10.6 Å². The lowest BCUT2D eigenvalue weighted by molar-refractivity contribution is 0.549. The highest BCUT2D eigenvalue weighted by Crippen LogP contribution is 2.14. The van der Waals surface area contributed by atoms with Gasteiger partial charge in [-0.25, -0.2) is 4.99 Å². The molecular formula is C17H32N6. The minimum atomic E-state index is 0.590. The van der Waals surface area contributed by atoms with Gasteiger partial charge in [-0.2, -0.15) is 0 Å². The van der Waals surface area contributed by atoms with Crippen molar-refractivity contribution in [1.82, 2.24) is 25.4 Å². The first kappa shape index (κ1) is 17.8. The van der Waals surface area contributed by atoms with Crippen LogP contribution in [0.15, 0.2) is 4.99 Å². The van der Waals surface area contributed by atoms with Crippen molar-refractivity contribution in [2.75, 3.05) is 13.1 Å². The first-order valence-electron chi connectivity index (χ1n) is 9.13. The second-order valence-electron chi connectivity index (χ2n) is 6.65. The Hall–Kier alpha value is -1.59. The highest BCUT2D eigenvalue weighted by molar-refractivity contribution is 5.79. The zero-order valence-electron chi connectivity index (χ0n) is 14.9. The van der Waals surface area contributed by atoms with E-state index in [0.29, 0.717) is 6.54 Å². The molecule has 0 aromatic carbocycles. The molecule has 6 nitrogen and oxygen atoms in total. The van der Waals surface area contributed by atoms with Crippen LogP contribution in [0.3, 0.4) is 0 Å². The van der Waals surface area contributed by atoms with Crippen molar-refractivity contribution >= 4 is 5.96 Å². The lowest BCUT2D eigenvalue weighted by Gasteiger charge is -2.12. The number of aryl methyl sites for hydroxylation is 1. The zero-order chi connectivity index (χ0) is 16.5. The molecule has 2 heterocycles. The highest BCUT2D eigenvalue weighted by atomic mass is 15.3. The summed E-state index contributed by atoms with van der Waals surface area (Å²) in [6.45, 7) is 10.1. The quantitative estimate of drug-likeness (QED) is 0.460. The molecule has 1 aromatic heterocycles. The Bertz CT molecular complexity index is 491. The van der Waals surface area contributed by atoms with Crippen LogP contribution >= 0.6 is 0 Å². The molecule has 2 rings (SSSR count). The smallest absolute Gasteiger partial charge is 0.191 e. The van der Waals surface area contributed by atoms with Gasteiger partial charge in [-0.15, -0.1) is 10.2 Å². The van der Waals surface area contributed by atoms with Gasteiger partial charge < -0.3 is 15.2 Å². The Morgan fingerprint density at radius 1 is 1.22 bits per heavy atom. The number of guanidine groups is 1. The van der Waals surface area contributed by atoms with Crippen molar-refractivity contribution in [2.45, 2.75) is 72.4 Å². The summed E-state index contributed by atoms with van der Waals surface area (Å²) in [7, 11) is 0. The van der Waals surface area contributed by atoms with Gasteiger partial charge in [-0.05, 0) is 38.5 Å². The fourth-order valence-electron chi connectivity index (χ4n) is 2.87. The summed E-state index contributed by atoms with van der Waals surface area (Å²) < 4.78 is 2.26. The molecule has 130 valence electrons. The fourth-order valence-corrected chi connectivity index (χ4v) is 2.87. The van der Waals surface area contributed by atoms with Crippen molar-refractivity contribution in [3.63, 3.8) is 0 Å². The van der Waals surface area contributed by atoms with Gasteiger partial charge >= 0.3 is 0 Å². The molecule has 1 aliphatic heterocycles. The van der Waals surface area contributed by atoms with E-state index in [4.69, 9.17) is 0 Å². The van der Waals surface area contributed by atoms with Crippen molar-refractivity contribution in [2.24, 2.45) is 10.9 Å². The predicted molar refractivity (Wildman–Crippen MR) is 94.5 cm³/mol. The first-order valence-corrected chi connectivity index (χ1v) is 9.13. The maximum atomic E-state index is 4.68. The SMILES string of the molecule is CCNC(=NCc1nnc2n1CCCCC2)NCCCC(C)C. The third-order valence-electron chi connectivity index (χ3n) is 4.16. The van der Waals surface area contributed by atoms with E-state index in [1.54, 1.807) is 0 Å². The van der Waals surface area contributed by atoms with E-state index in [1.807, 2.05) is 0 Å². The average Bonchev–Trinajstić information content (AvgIpc) is 2.76. The number of hydrogen-bond donors (Lipinski definition) is 2. The Morgan fingerprint density at radius 3 is 2.87 bits per heavy atom. The minimum Gasteiger partial charge on any atom is -0.357 e. The summed E-state index contributed by atoms with van der Waals surface area (Å²) >= 11 is 0. The van der Waals surface area contributed by atoms with Crippen LogP contribution in [0, 0.1) is 5.92 Å². The number of nitrogens with zero attached hydrogens (tertiary/aromatic N) is 4. The van der Waals surface area contributed by atoms with Gasteiger partial charge in [-0.1, -0.05) is 20.3 Å². The zero-order valence-corrected chi connectivity index (χ0v) is 14.9. The van der Waals surface area contributed by atoms with Crippen molar-refractivity contribution < 1.29 is 0 Å². The fraction of sp³-hybridized carbons (Fsp3) is 0.824. The molecule has 0 saturated carbocycles. The molecule has 23 heavy (non-hydrogen) atoms. The second-order valence-corrected chi connectivity index (χ2v) is 6.65. The van der Waals surface area contributed by atoms with E-state index < -0.39 is 0 Å². The van der Waals surface area contributed by atoms with Crippen LogP contribution in [0.25, 0.3) is 0 Å². The Balaban J connectivity index is 1.90. The summed E-state index contributed by atoms with van der Waals surface area (Å²) in [5.41, 5.74) is 0. The van der Waals surface area contributed by atoms with Gasteiger partial charge in [-0.3, -0.25) is 0 Å². The van der Waals surface area contributed by atoms with E-state index in [9.17, 15) is 0 Å². The molecule has 2 N–H and O–H groups in total. The van der Waals surface area contributed by atoms with Crippen LogP contribution in [-0.2, 0) is 19.5 Å². The van der Waals surface area contributed by atoms with Crippen LogP contribution in [-0.4, -0.2) is 33.8 Å². The molecule has 1 aromatic rings. The number of hydrogen-bond acceptors (Lipinski definition) is 3. The molecule has 0 bridgehead atoms. The lowest BCUT2D eigenvalue weighted by atomic mass is 10.1. The topological polar surface area (TPSA) is 67.1 Å². The van der Waals surface area contributed by atoms with Crippen molar-refractivity contribution in [1.29, 1.82) is 0 Å². The summed E-state index contributed by atoms with van der Waals surface area (Å²) in [5.74, 6) is 3.74. The number of aliphatic imine (C=N–C) groups is 1. The van der Waals surface area contributed by atoms with Crippen LogP contribution in [0.2, 0.25) is 0 Å². The molecule has 0 saturated heterocycles. The molecule has 1 aliphatic rings. The normalized spacial score (nSPS) is 15.4. The van der Waals surface area contributed by atoms with Crippen LogP contribution in [0.4, 0.5) is 0 Å². The third kappa shape index (κ3) is 5.84. The summed E-state index contributed by atoms with van der Waals surface area (Å²) in [5, 5.41) is 15.4. The number of fused-ring (bicyclic) bond motifs is 1. The standard InChI is InChI=1S/C17H32N6/c1-4-18-17(19-11-8-9-14(2)3)20-13-16-22-21-15-10-6-5-7-12-23(15)16/h14H,4-13H2,1-3H3,(H2,18,19,20). The molecule has 0 atom stereocenters. The van der Waals surface area contributed by atoms with E-state index in [2.05, 4.69) is 51.2 Å². The lowest BCUT2D eigenvalue weighted by Crippen LogP contribution is -2.37. The Kier molecular flexibility index (Phi) is 7.36. The van der Waals surface area contributed by atoms with Gasteiger partial charge in [0.2, 0.25) is 0 Å².